The van der Waals surface area contributed by atoms with Gasteiger partial charge in [0.2, 0.25) is 0 Å². The number of rotatable bonds is 6. The summed E-state index contributed by atoms with van der Waals surface area (Å²) in [7, 11) is 0. The van der Waals surface area contributed by atoms with Crippen LogP contribution in [0.4, 0.5) is 5.69 Å². The van der Waals surface area contributed by atoms with Crippen LogP contribution < -0.4 is 5.73 Å². The van der Waals surface area contributed by atoms with Crippen LogP contribution in [0.25, 0.3) is 11.3 Å². The summed E-state index contributed by atoms with van der Waals surface area (Å²) in [4.78, 5) is 8.26. The van der Waals surface area contributed by atoms with E-state index in [1.807, 2.05) is 11.5 Å². The van der Waals surface area contributed by atoms with Crippen LogP contribution in [0.15, 0.2) is 43.1 Å². The molecule has 19 heavy (non-hydrogen) atoms. The Morgan fingerprint density at radius 2 is 2.26 bits per heavy atom. The molecule has 0 saturated heterocycles. The highest BCUT2D eigenvalue weighted by molar-refractivity contribution is 5.72. The number of imidazole rings is 1. The molecule has 0 atom stereocenters. The first kappa shape index (κ1) is 13.3. The van der Waals surface area contributed by atoms with Gasteiger partial charge in [-0.15, -0.1) is 0 Å². The highest BCUT2D eigenvalue weighted by atomic mass is 16.5. The van der Waals surface area contributed by atoms with Crippen LogP contribution in [0, 0.1) is 0 Å². The van der Waals surface area contributed by atoms with Crippen molar-refractivity contribution >= 4 is 5.69 Å². The maximum atomic E-state index is 5.95. The van der Waals surface area contributed by atoms with Crippen molar-refractivity contribution in [1.29, 1.82) is 0 Å². The van der Waals surface area contributed by atoms with Crippen molar-refractivity contribution in [2.24, 2.45) is 0 Å². The van der Waals surface area contributed by atoms with E-state index in [2.05, 4.69) is 16.5 Å². The van der Waals surface area contributed by atoms with E-state index in [9.17, 15) is 0 Å². The Hall–Kier alpha value is -2.14. The van der Waals surface area contributed by atoms with Crippen LogP contribution in [0.3, 0.4) is 0 Å². The Morgan fingerprint density at radius 1 is 1.42 bits per heavy atom. The maximum Gasteiger partial charge on any atom is 0.0951 e. The van der Waals surface area contributed by atoms with Crippen LogP contribution in [0.1, 0.15) is 6.92 Å². The van der Waals surface area contributed by atoms with E-state index in [1.165, 1.54) is 0 Å². The molecule has 5 heteroatoms. The Bertz CT molecular complexity index is 562. The summed E-state index contributed by atoms with van der Waals surface area (Å²) < 4.78 is 7.50. The van der Waals surface area contributed by atoms with Gasteiger partial charge in [0.05, 0.1) is 31.4 Å². The predicted molar refractivity (Wildman–Crippen MR) is 75.5 cm³/mol. The molecule has 2 aromatic rings. The lowest BCUT2D eigenvalue weighted by Gasteiger charge is -2.10. The molecule has 2 heterocycles. The lowest BCUT2D eigenvalue weighted by atomic mass is 10.2. The average Bonchev–Trinajstić information content (AvgIpc) is 2.83. The van der Waals surface area contributed by atoms with E-state index < -0.39 is 0 Å². The van der Waals surface area contributed by atoms with Gasteiger partial charge < -0.3 is 15.0 Å². The standard InChI is InChI=1S/C14H18N4O/c1-11(2)9-19-6-5-18-10-17-8-14(18)12-7-16-4-3-13(12)15/h3-4,7-8,10H,1,5-6,9H2,2H3,(H2,15,16). The van der Waals surface area contributed by atoms with Gasteiger partial charge in [0.25, 0.3) is 0 Å². The predicted octanol–water partition coefficient (Wildman–Crippen LogP) is 2.12. The average molecular weight is 258 g/mol. The number of hydrogen-bond acceptors (Lipinski definition) is 4. The second-order valence-electron chi connectivity index (χ2n) is 4.44. The number of pyridine rings is 1. The van der Waals surface area contributed by atoms with Gasteiger partial charge >= 0.3 is 0 Å². The van der Waals surface area contributed by atoms with E-state index in [4.69, 9.17) is 10.5 Å². The van der Waals surface area contributed by atoms with Gasteiger partial charge in [-0.1, -0.05) is 12.2 Å². The minimum atomic E-state index is 0.582. The largest absolute Gasteiger partial charge is 0.398 e. The molecule has 2 aromatic heterocycles. The minimum Gasteiger partial charge on any atom is -0.398 e. The molecule has 0 unspecified atom stereocenters. The quantitative estimate of drug-likeness (QED) is 0.636. The molecule has 0 aromatic carbocycles. The van der Waals surface area contributed by atoms with Gasteiger partial charge in [-0.25, -0.2) is 4.98 Å². The maximum absolute atomic E-state index is 5.95. The third kappa shape index (κ3) is 3.42. The number of aromatic nitrogens is 3. The van der Waals surface area contributed by atoms with E-state index in [-0.39, 0.29) is 0 Å². The number of nitrogen functional groups attached to an aromatic ring is 1. The molecule has 2 rings (SSSR count). The van der Waals surface area contributed by atoms with Crippen LogP contribution >= 0.6 is 0 Å². The normalized spacial score (nSPS) is 10.6. The van der Waals surface area contributed by atoms with Crippen molar-refractivity contribution in [3.8, 4) is 11.3 Å². The first-order chi connectivity index (χ1) is 9.18. The fraction of sp³-hybridized carbons (Fsp3) is 0.286. The number of nitrogens with two attached hydrogens (primary N) is 1. The number of anilines is 1. The first-order valence-electron chi connectivity index (χ1n) is 6.10. The zero-order valence-electron chi connectivity index (χ0n) is 11.0. The molecule has 0 radical (unpaired) electrons. The van der Waals surface area contributed by atoms with Crippen molar-refractivity contribution in [2.45, 2.75) is 13.5 Å². The van der Waals surface area contributed by atoms with E-state index in [0.29, 0.717) is 18.9 Å². The Balaban J connectivity index is 2.06. The number of hydrogen-bond donors (Lipinski definition) is 1. The Morgan fingerprint density at radius 3 is 3.00 bits per heavy atom. The highest BCUT2D eigenvalue weighted by Crippen LogP contribution is 2.23. The molecule has 0 bridgehead atoms. The van der Waals surface area contributed by atoms with Gasteiger partial charge in [0, 0.05) is 30.2 Å². The monoisotopic (exact) mass is 258 g/mol. The molecule has 0 spiro atoms. The van der Waals surface area contributed by atoms with Crippen LogP contribution in [0.5, 0.6) is 0 Å². The molecular formula is C14H18N4O. The summed E-state index contributed by atoms with van der Waals surface area (Å²) >= 11 is 0. The summed E-state index contributed by atoms with van der Waals surface area (Å²) in [6, 6.07) is 1.78. The van der Waals surface area contributed by atoms with Gasteiger partial charge in [-0.2, -0.15) is 0 Å². The summed E-state index contributed by atoms with van der Waals surface area (Å²) in [6.45, 7) is 7.65. The third-order valence-electron chi connectivity index (χ3n) is 2.67. The van der Waals surface area contributed by atoms with Crippen molar-refractivity contribution < 1.29 is 4.74 Å². The lowest BCUT2D eigenvalue weighted by molar-refractivity contribution is 0.147. The number of ether oxygens (including phenoxy) is 1. The second kappa shape index (κ2) is 6.15. The zero-order valence-corrected chi connectivity index (χ0v) is 11.0. The molecule has 0 aliphatic rings. The molecule has 0 aliphatic heterocycles. The highest BCUT2D eigenvalue weighted by Gasteiger charge is 2.08. The lowest BCUT2D eigenvalue weighted by Crippen LogP contribution is -2.08. The summed E-state index contributed by atoms with van der Waals surface area (Å²) in [5, 5.41) is 0. The number of nitrogens with zero attached hydrogens (tertiary/aromatic N) is 3. The first-order valence-corrected chi connectivity index (χ1v) is 6.10. The third-order valence-corrected chi connectivity index (χ3v) is 2.67. The summed E-state index contributed by atoms with van der Waals surface area (Å²) in [6.07, 6.45) is 6.98. The van der Waals surface area contributed by atoms with E-state index >= 15 is 0 Å². The SMILES string of the molecule is C=C(C)COCCn1cncc1-c1cnccc1N. The second-order valence-corrected chi connectivity index (χ2v) is 4.44. The Kier molecular flexibility index (Phi) is 4.30. The fourth-order valence-electron chi connectivity index (χ4n) is 1.75. The zero-order chi connectivity index (χ0) is 13.7. The van der Waals surface area contributed by atoms with Gasteiger partial charge in [-0.05, 0) is 13.0 Å². The molecule has 0 saturated carbocycles. The molecule has 5 nitrogen and oxygen atoms in total. The van der Waals surface area contributed by atoms with Crippen molar-refractivity contribution in [3.05, 3.63) is 43.1 Å². The molecule has 2 N–H and O–H groups in total. The summed E-state index contributed by atoms with van der Waals surface area (Å²) in [5.74, 6) is 0. The van der Waals surface area contributed by atoms with Crippen molar-refractivity contribution in [3.63, 3.8) is 0 Å². The summed E-state index contributed by atoms with van der Waals surface area (Å²) in [5.41, 5.74) is 9.50. The topological polar surface area (TPSA) is 66.0 Å². The minimum absolute atomic E-state index is 0.582. The van der Waals surface area contributed by atoms with Gasteiger partial charge in [-0.3, -0.25) is 4.98 Å². The van der Waals surface area contributed by atoms with E-state index in [0.717, 1.165) is 23.4 Å². The molecule has 0 fully saturated rings. The van der Waals surface area contributed by atoms with Crippen LogP contribution in [0.2, 0.25) is 0 Å². The van der Waals surface area contributed by atoms with Crippen LogP contribution in [-0.2, 0) is 11.3 Å². The molecule has 100 valence electrons. The fourth-order valence-corrected chi connectivity index (χ4v) is 1.75. The van der Waals surface area contributed by atoms with Crippen molar-refractivity contribution in [1.82, 2.24) is 14.5 Å². The van der Waals surface area contributed by atoms with Gasteiger partial charge in [0.15, 0.2) is 0 Å². The molecule has 0 aliphatic carbocycles. The molecule has 0 amide bonds. The Labute approximate surface area is 112 Å². The smallest absolute Gasteiger partial charge is 0.0951 e. The van der Waals surface area contributed by atoms with E-state index in [1.54, 1.807) is 31.0 Å². The molecular weight excluding hydrogens is 240 g/mol. The van der Waals surface area contributed by atoms with Gasteiger partial charge in [0.1, 0.15) is 0 Å². The van der Waals surface area contributed by atoms with Crippen molar-refractivity contribution in [2.75, 3.05) is 18.9 Å². The van der Waals surface area contributed by atoms with Crippen LogP contribution in [-0.4, -0.2) is 27.7 Å².